The number of hydrogen-bond acceptors (Lipinski definition) is 5. The molecule has 0 bridgehead atoms. The number of para-hydroxylation sites is 2. The van der Waals surface area contributed by atoms with Crippen LogP contribution in [0.1, 0.15) is 29.8 Å². The summed E-state index contributed by atoms with van der Waals surface area (Å²) in [6.45, 7) is 4.67. The van der Waals surface area contributed by atoms with Crippen LogP contribution in [-0.2, 0) is 11.3 Å². The zero-order valence-corrected chi connectivity index (χ0v) is 23.0. The van der Waals surface area contributed by atoms with Crippen molar-refractivity contribution in [2.24, 2.45) is 5.92 Å². The zero-order chi connectivity index (χ0) is 27.9. The quantitative estimate of drug-likeness (QED) is 0.473. The van der Waals surface area contributed by atoms with Crippen LogP contribution in [-0.4, -0.2) is 72.8 Å². The van der Waals surface area contributed by atoms with Gasteiger partial charge < -0.3 is 29.7 Å². The van der Waals surface area contributed by atoms with Crippen molar-refractivity contribution in [1.82, 2.24) is 9.80 Å². The molecule has 3 amide bonds. The van der Waals surface area contributed by atoms with Crippen LogP contribution in [0.15, 0.2) is 72.8 Å². The van der Waals surface area contributed by atoms with Crippen molar-refractivity contribution in [1.29, 1.82) is 0 Å². The lowest BCUT2D eigenvalue weighted by molar-refractivity contribution is -0.0178. The van der Waals surface area contributed by atoms with Crippen molar-refractivity contribution in [2.45, 2.75) is 32.6 Å². The molecule has 39 heavy (non-hydrogen) atoms. The highest BCUT2D eigenvalue weighted by atomic mass is 16.5. The van der Waals surface area contributed by atoms with Gasteiger partial charge in [0.25, 0.3) is 5.91 Å². The highest BCUT2D eigenvalue weighted by Gasteiger charge is 2.31. The number of carbonyl (C=O) groups excluding carboxylic acids is 2. The number of likely N-dealkylation sites (N-methyl/N-ethyl adjacent to an activating group) is 1. The van der Waals surface area contributed by atoms with Crippen LogP contribution < -0.4 is 10.1 Å². The third kappa shape index (κ3) is 6.41. The second-order valence-electron chi connectivity index (χ2n) is 10.0. The van der Waals surface area contributed by atoms with Gasteiger partial charge in [0.2, 0.25) is 0 Å². The van der Waals surface area contributed by atoms with E-state index in [1.165, 1.54) is 0 Å². The standard InChI is InChI=1S/C31H37N3O5/c1-21-17-34(22(2)19-35)30(36)26-14-8-7-13-25(26)24-12-6-5-11-23(24)20-39-29(21)18-33(3)31(37)32-27-15-9-10-16-28(27)38-4/h5-16,21-22,29,35H,17-20H2,1-4H3,(H,32,37)/t21-,22+,29-/m1/s1. The SMILES string of the molecule is COc1ccccc1NC(=O)N(C)C[C@H]1OCc2ccccc2-c2ccccc2C(=O)N([C@@H](C)CO)C[C@H]1C. The van der Waals surface area contributed by atoms with Crippen LogP contribution in [0.5, 0.6) is 5.75 Å². The Hall–Kier alpha value is -3.88. The maximum atomic E-state index is 13.9. The Balaban J connectivity index is 1.64. The first-order valence-electron chi connectivity index (χ1n) is 13.2. The van der Waals surface area contributed by atoms with E-state index in [0.717, 1.165) is 16.7 Å². The Kier molecular flexibility index (Phi) is 9.22. The molecule has 0 unspecified atom stereocenters. The van der Waals surface area contributed by atoms with Gasteiger partial charge in [0.05, 0.1) is 38.2 Å². The van der Waals surface area contributed by atoms with Crippen LogP contribution in [0.3, 0.4) is 0 Å². The van der Waals surface area contributed by atoms with E-state index in [1.54, 1.807) is 36.1 Å². The molecule has 0 radical (unpaired) electrons. The minimum absolute atomic E-state index is 0.137. The van der Waals surface area contributed by atoms with E-state index < -0.39 is 6.04 Å². The molecule has 0 spiro atoms. The van der Waals surface area contributed by atoms with E-state index in [0.29, 0.717) is 36.7 Å². The van der Waals surface area contributed by atoms with Gasteiger partial charge in [-0.25, -0.2) is 4.79 Å². The number of carbonyl (C=O) groups is 2. The minimum Gasteiger partial charge on any atom is -0.495 e. The van der Waals surface area contributed by atoms with Gasteiger partial charge in [0, 0.05) is 31.6 Å². The number of fused-ring (bicyclic) bond motifs is 3. The molecule has 3 aromatic rings. The molecule has 0 aromatic heterocycles. The summed E-state index contributed by atoms with van der Waals surface area (Å²) in [5.74, 6) is 0.292. The average molecular weight is 532 g/mol. The van der Waals surface area contributed by atoms with Gasteiger partial charge in [-0.15, -0.1) is 0 Å². The first-order chi connectivity index (χ1) is 18.8. The van der Waals surface area contributed by atoms with Crippen LogP contribution in [0, 0.1) is 5.92 Å². The number of methoxy groups -OCH3 is 1. The molecular formula is C31H37N3O5. The summed E-state index contributed by atoms with van der Waals surface area (Å²) in [5.41, 5.74) is 3.88. The van der Waals surface area contributed by atoms with E-state index in [2.05, 4.69) is 5.32 Å². The Bertz CT molecular complexity index is 1300. The minimum atomic E-state index is -0.392. The lowest BCUT2D eigenvalue weighted by atomic mass is 9.94. The maximum absolute atomic E-state index is 13.9. The normalized spacial score (nSPS) is 18.3. The molecule has 3 aromatic carbocycles. The topological polar surface area (TPSA) is 91.3 Å². The Morgan fingerprint density at radius 1 is 1.08 bits per heavy atom. The highest BCUT2D eigenvalue weighted by Crippen LogP contribution is 2.31. The fraction of sp³-hybridized carbons (Fsp3) is 0.355. The van der Waals surface area contributed by atoms with Gasteiger partial charge in [-0.2, -0.15) is 0 Å². The lowest BCUT2D eigenvalue weighted by Gasteiger charge is -2.35. The van der Waals surface area contributed by atoms with Crippen LogP contribution >= 0.6 is 0 Å². The third-order valence-corrected chi connectivity index (χ3v) is 7.24. The third-order valence-electron chi connectivity index (χ3n) is 7.24. The largest absolute Gasteiger partial charge is 0.495 e. The van der Waals surface area contributed by atoms with Crippen molar-refractivity contribution < 1.29 is 24.2 Å². The number of ether oxygens (including phenoxy) is 2. The number of hydrogen-bond donors (Lipinski definition) is 2. The van der Waals surface area contributed by atoms with Crippen molar-refractivity contribution in [3.05, 3.63) is 83.9 Å². The molecule has 0 fully saturated rings. The molecule has 4 rings (SSSR count). The Morgan fingerprint density at radius 3 is 2.44 bits per heavy atom. The predicted octanol–water partition coefficient (Wildman–Crippen LogP) is 4.88. The van der Waals surface area contributed by atoms with Crippen LogP contribution in [0.2, 0.25) is 0 Å². The average Bonchev–Trinajstić information content (AvgIpc) is 2.98. The Labute approximate surface area is 230 Å². The molecule has 0 saturated carbocycles. The molecular weight excluding hydrogens is 494 g/mol. The summed E-state index contributed by atoms with van der Waals surface area (Å²) in [7, 11) is 3.28. The van der Waals surface area contributed by atoms with Gasteiger partial charge in [-0.3, -0.25) is 4.79 Å². The number of nitrogens with one attached hydrogen (secondary N) is 1. The molecule has 1 heterocycles. The number of urea groups is 1. The second kappa shape index (κ2) is 12.8. The number of nitrogens with zero attached hydrogens (tertiary/aromatic N) is 2. The fourth-order valence-corrected chi connectivity index (χ4v) is 4.86. The molecule has 8 nitrogen and oxygen atoms in total. The van der Waals surface area contributed by atoms with Gasteiger partial charge in [0.1, 0.15) is 5.75 Å². The summed E-state index contributed by atoms with van der Waals surface area (Å²) in [4.78, 5) is 30.3. The second-order valence-corrected chi connectivity index (χ2v) is 10.0. The van der Waals surface area contributed by atoms with Crippen LogP contribution in [0.25, 0.3) is 11.1 Å². The van der Waals surface area contributed by atoms with Crippen LogP contribution in [0.4, 0.5) is 10.5 Å². The molecule has 2 N–H and O–H groups in total. The molecule has 206 valence electrons. The van der Waals surface area contributed by atoms with Crippen molar-refractivity contribution in [2.75, 3.05) is 39.2 Å². The van der Waals surface area contributed by atoms with Gasteiger partial charge in [-0.1, -0.05) is 61.5 Å². The molecule has 1 aliphatic rings. The zero-order valence-electron chi connectivity index (χ0n) is 23.0. The lowest BCUT2D eigenvalue weighted by Crippen LogP contribution is -2.48. The Morgan fingerprint density at radius 2 is 1.72 bits per heavy atom. The van der Waals surface area contributed by atoms with E-state index in [-0.39, 0.29) is 30.6 Å². The molecule has 1 aliphatic heterocycles. The van der Waals surface area contributed by atoms with Gasteiger partial charge in [-0.05, 0) is 41.8 Å². The smallest absolute Gasteiger partial charge is 0.321 e. The fourth-order valence-electron chi connectivity index (χ4n) is 4.86. The molecule has 0 saturated heterocycles. The number of anilines is 1. The number of benzene rings is 3. The van der Waals surface area contributed by atoms with Gasteiger partial charge in [0.15, 0.2) is 0 Å². The molecule has 3 atom stereocenters. The summed E-state index contributed by atoms with van der Waals surface area (Å²) >= 11 is 0. The van der Waals surface area contributed by atoms with E-state index in [4.69, 9.17) is 9.47 Å². The van der Waals surface area contributed by atoms with Crippen molar-refractivity contribution >= 4 is 17.6 Å². The summed E-state index contributed by atoms with van der Waals surface area (Å²) in [6.07, 6.45) is -0.381. The highest BCUT2D eigenvalue weighted by molar-refractivity contribution is 6.01. The van der Waals surface area contributed by atoms with E-state index >= 15 is 0 Å². The first-order valence-corrected chi connectivity index (χ1v) is 13.2. The van der Waals surface area contributed by atoms with Crippen molar-refractivity contribution in [3.8, 4) is 16.9 Å². The first kappa shape index (κ1) is 28.1. The molecule has 8 heteroatoms. The number of aliphatic hydroxyl groups is 1. The van der Waals surface area contributed by atoms with E-state index in [1.807, 2.05) is 74.5 Å². The number of aliphatic hydroxyl groups excluding tert-OH is 1. The maximum Gasteiger partial charge on any atom is 0.321 e. The summed E-state index contributed by atoms with van der Waals surface area (Å²) in [5, 5.41) is 12.9. The summed E-state index contributed by atoms with van der Waals surface area (Å²) in [6, 6.07) is 22.0. The monoisotopic (exact) mass is 531 g/mol. The number of amides is 3. The predicted molar refractivity (Wildman–Crippen MR) is 152 cm³/mol. The number of rotatable bonds is 6. The summed E-state index contributed by atoms with van der Waals surface area (Å²) < 4.78 is 11.9. The molecule has 0 aliphatic carbocycles. The van der Waals surface area contributed by atoms with Crippen molar-refractivity contribution in [3.63, 3.8) is 0 Å². The van der Waals surface area contributed by atoms with E-state index in [9.17, 15) is 14.7 Å². The van der Waals surface area contributed by atoms with Gasteiger partial charge >= 0.3 is 6.03 Å².